The van der Waals surface area contributed by atoms with Crippen LogP contribution in [0.5, 0.6) is 0 Å². The van der Waals surface area contributed by atoms with E-state index in [0.29, 0.717) is 12.1 Å². The van der Waals surface area contributed by atoms with Gasteiger partial charge in [-0.25, -0.2) is 0 Å². The number of nitrogens with zero attached hydrogens (tertiary/aromatic N) is 1. The Morgan fingerprint density at radius 3 is 2.59 bits per heavy atom. The van der Waals surface area contributed by atoms with E-state index in [1.807, 2.05) is 24.4 Å². The van der Waals surface area contributed by atoms with E-state index >= 15 is 0 Å². The second-order valence-electron chi connectivity index (χ2n) is 6.93. The van der Waals surface area contributed by atoms with Crippen molar-refractivity contribution in [3.63, 3.8) is 0 Å². The standard InChI is InChI=1S/C21H19F3N2O/c22-21(23,24)16-9-7-14(8-10-16)20(27)26-11-3-4-17(26)12-15-13-25-19-6-2-1-5-18(15)19/h1-2,5-10,13,17,25H,3-4,11-12H2. The van der Waals surface area contributed by atoms with E-state index in [4.69, 9.17) is 0 Å². The summed E-state index contributed by atoms with van der Waals surface area (Å²) in [5, 5.41) is 1.14. The van der Waals surface area contributed by atoms with E-state index in [1.165, 1.54) is 12.1 Å². The molecule has 1 aromatic heterocycles. The normalized spacial score (nSPS) is 17.6. The summed E-state index contributed by atoms with van der Waals surface area (Å²) < 4.78 is 38.2. The van der Waals surface area contributed by atoms with Crippen molar-refractivity contribution in [3.05, 3.63) is 71.4 Å². The molecule has 1 amide bonds. The molecule has 6 heteroatoms. The Balaban J connectivity index is 1.53. The molecule has 1 N–H and O–H groups in total. The highest BCUT2D eigenvalue weighted by molar-refractivity contribution is 5.94. The lowest BCUT2D eigenvalue weighted by Gasteiger charge is -2.25. The third kappa shape index (κ3) is 3.44. The van der Waals surface area contributed by atoms with Crippen LogP contribution in [0.2, 0.25) is 0 Å². The number of rotatable bonds is 3. The van der Waals surface area contributed by atoms with Crippen LogP contribution >= 0.6 is 0 Å². The number of amides is 1. The quantitative estimate of drug-likeness (QED) is 0.687. The summed E-state index contributed by atoms with van der Waals surface area (Å²) in [5.41, 5.74) is 1.78. The number of aromatic nitrogens is 1. The lowest BCUT2D eigenvalue weighted by Crippen LogP contribution is -2.36. The molecule has 1 unspecified atom stereocenters. The van der Waals surface area contributed by atoms with Crippen LogP contribution in [0.25, 0.3) is 10.9 Å². The summed E-state index contributed by atoms with van der Waals surface area (Å²) in [5.74, 6) is -0.203. The molecule has 3 aromatic rings. The summed E-state index contributed by atoms with van der Waals surface area (Å²) in [6.07, 6.45) is 0.110. The minimum atomic E-state index is -4.40. The molecule has 1 aliphatic rings. The third-order valence-corrected chi connectivity index (χ3v) is 5.23. The first-order valence-electron chi connectivity index (χ1n) is 8.97. The van der Waals surface area contributed by atoms with Crippen LogP contribution in [0, 0.1) is 0 Å². The van der Waals surface area contributed by atoms with Crippen LogP contribution < -0.4 is 0 Å². The molecule has 3 nitrogen and oxygen atoms in total. The van der Waals surface area contributed by atoms with Gasteiger partial charge in [-0.05, 0) is 55.2 Å². The molecule has 1 fully saturated rings. The Hall–Kier alpha value is -2.76. The second kappa shape index (κ2) is 6.76. The summed E-state index contributed by atoms with van der Waals surface area (Å²) in [4.78, 5) is 17.9. The van der Waals surface area contributed by atoms with Gasteiger partial charge in [0.1, 0.15) is 0 Å². The van der Waals surface area contributed by atoms with Crippen molar-refractivity contribution >= 4 is 16.8 Å². The largest absolute Gasteiger partial charge is 0.416 e. The van der Waals surface area contributed by atoms with Crippen LogP contribution in [0.15, 0.2) is 54.7 Å². The molecule has 27 heavy (non-hydrogen) atoms. The SMILES string of the molecule is O=C(c1ccc(C(F)(F)F)cc1)N1CCCC1Cc1c[nH]c2ccccc12. The van der Waals surface area contributed by atoms with Crippen LogP contribution in [0.3, 0.4) is 0 Å². The van der Waals surface area contributed by atoms with E-state index in [1.54, 1.807) is 4.90 Å². The number of carbonyl (C=O) groups excluding carboxylic acids is 1. The average molecular weight is 372 g/mol. The Labute approximate surface area is 154 Å². The highest BCUT2D eigenvalue weighted by atomic mass is 19.4. The highest BCUT2D eigenvalue weighted by Crippen LogP contribution is 2.30. The van der Waals surface area contributed by atoms with Gasteiger partial charge < -0.3 is 9.88 Å². The van der Waals surface area contributed by atoms with Crippen molar-refractivity contribution < 1.29 is 18.0 Å². The van der Waals surface area contributed by atoms with Gasteiger partial charge in [0.2, 0.25) is 0 Å². The van der Waals surface area contributed by atoms with Crippen LogP contribution in [0.4, 0.5) is 13.2 Å². The smallest absolute Gasteiger partial charge is 0.361 e. The predicted octanol–water partition coefficient (Wildman–Crippen LogP) is 5.03. The third-order valence-electron chi connectivity index (χ3n) is 5.23. The van der Waals surface area contributed by atoms with Gasteiger partial charge in [0.05, 0.1) is 5.56 Å². The van der Waals surface area contributed by atoms with E-state index in [9.17, 15) is 18.0 Å². The number of hydrogen-bond acceptors (Lipinski definition) is 1. The van der Waals surface area contributed by atoms with Crippen molar-refractivity contribution in [3.8, 4) is 0 Å². The Morgan fingerprint density at radius 1 is 1.11 bits per heavy atom. The van der Waals surface area contributed by atoms with Gasteiger partial charge in [0.25, 0.3) is 5.91 Å². The fraction of sp³-hybridized carbons (Fsp3) is 0.286. The molecule has 0 radical (unpaired) electrons. The molecule has 1 saturated heterocycles. The summed E-state index contributed by atoms with van der Waals surface area (Å²) in [7, 11) is 0. The van der Waals surface area contributed by atoms with Gasteiger partial charge in [-0.2, -0.15) is 13.2 Å². The van der Waals surface area contributed by atoms with E-state index < -0.39 is 11.7 Å². The molecule has 140 valence electrons. The molecular formula is C21H19F3N2O. The van der Waals surface area contributed by atoms with Gasteiger partial charge in [-0.3, -0.25) is 4.79 Å². The lowest BCUT2D eigenvalue weighted by molar-refractivity contribution is -0.137. The number of aromatic amines is 1. The maximum absolute atomic E-state index is 12.8. The van der Waals surface area contributed by atoms with Gasteiger partial charge in [0.15, 0.2) is 0 Å². The molecule has 0 saturated carbocycles. The molecule has 0 aliphatic carbocycles. The average Bonchev–Trinajstić information content (AvgIpc) is 3.28. The molecule has 1 atom stereocenters. The predicted molar refractivity (Wildman–Crippen MR) is 97.5 cm³/mol. The van der Waals surface area contributed by atoms with Crippen molar-refractivity contribution in [1.82, 2.24) is 9.88 Å². The maximum Gasteiger partial charge on any atom is 0.416 e. The molecule has 0 bridgehead atoms. The first-order valence-corrected chi connectivity index (χ1v) is 8.97. The van der Waals surface area contributed by atoms with Crippen LogP contribution in [-0.2, 0) is 12.6 Å². The van der Waals surface area contributed by atoms with Gasteiger partial charge in [-0.15, -0.1) is 0 Å². The van der Waals surface area contributed by atoms with Crippen LogP contribution in [0.1, 0.15) is 34.3 Å². The number of alkyl halides is 3. The zero-order valence-corrected chi connectivity index (χ0v) is 14.6. The highest BCUT2D eigenvalue weighted by Gasteiger charge is 2.32. The van der Waals surface area contributed by atoms with Crippen LogP contribution in [-0.4, -0.2) is 28.4 Å². The minimum absolute atomic E-state index is 0.0546. The van der Waals surface area contributed by atoms with Gasteiger partial charge in [-0.1, -0.05) is 18.2 Å². The Morgan fingerprint density at radius 2 is 1.85 bits per heavy atom. The van der Waals surface area contributed by atoms with E-state index in [2.05, 4.69) is 11.1 Å². The first kappa shape index (κ1) is 17.6. The second-order valence-corrected chi connectivity index (χ2v) is 6.93. The number of nitrogens with one attached hydrogen (secondary N) is 1. The summed E-state index contributed by atoms with van der Waals surface area (Å²) in [6, 6.07) is 12.6. The molecule has 4 rings (SSSR count). The Kier molecular flexibility index (Phi) is 4.42. The molecule has 2 heterocycles. The number of para-hydroxylation sites is 1. The van der Waals surface area contributed by atoms with Gasteiger partial charge >= 0.3 is 6.18 Å². The number of hydrogen-bond donors (Lipinski definition) is 1. The molecule has 0 spiro atoms. The zero-order valence-electron chi connectivity index (χ0n) is 14.6. The van der Waals surface area contributed by atoms with E-state index in [-0.39, 0.29) is 11.9 Å². The number of fused-ring (bicyclic) bond motifs is 1. The number of carbonyl (C=O) groups is 1. The topological polar surface area (TPSA) is 36.1 Å². The van der Waals surface area contributed by atoms with E-state index in [0.717, 1.165) is 47.9 Å². The molecular weight excluding hydrogens is 353 g/mol. The molecule has 1 aliphatic heterocycles. The number of likely N-dealkylation sites (tertiary alicyclic amines) is 1. The van der Waals surface area contributed by atoms with Gasteiger partial charge in [0, 0.05) is 35.2 Å². The summed E-state index contributed by atoms with van der Waals surface area (Å²) in [6.45, 7) is 0.632. The number of H-pyrrole nitrogens is 1. The maximum atomic E-state index is 12.8. The number of benzene rings is 2. The Bertz CT molecular complexity index is 959. The van der Waals surface area contributed by atoms with Crippen molar-refractivity contribution in [2.24, 2.45) is 0 Å². The van der Waals surface area contributed by atoms with Crippen molar-refractivity contribution in [2.45, 2.75) is 31.5 Å². The summed E-state index contributed by atoms with van der Waals surface area (Å²) >= 11 is 0. The fourth-order valence-corrected chi connectivity index (χ4v) is 3.84. The first-order chi connectivity index (χ1) is 12.9. The fourth-order valence-electron chi connectivity index (χ4n) is 3.84. The van der Waals surface area contributed by atoms with Crippen molar-refractivity contribution in [2.75, 3.05) is 6.54 Å². The lowest BCUT2D eigenvalue weighted by atomic mass is 10.0. The minimum Gasteiger partial charge on any atom is -0.361 e. The monoisotopic (exact) mass is 372 g/mol. The molecule has 2 aromatic carbocycles. The van der Waals surface area contributed by atoms with Crippen molar-refractivity contribution in [1.29, 1.82) is 0 Å². The number of halogens is 3. The zero-order chi connectivity index (χ0) is 19.0.